The van der Waals surface area contributed by atoms with E-state index in [0.29, 0.717) is 0 Å². The summed E-state index contributed by atoms with van der Waals surface area (Å²) in [6.45, 7) is 5.80. The van der Waals surface area contributed by atoms with Crippen molar-refractivity contribution in [2.45, 2.75) is 44.6 Å². The lowest BCUT2D eigenvalue weighted by molar-refractivity contribution is -0.0906. The van der Waals surface area contributed by atoms with Gasteiger partial charge in [-0.25, -0.2) is 8.78 Å². The molecule has 0 heterocycles. The van der Waals surface area contributed by atoms with Gasteiger partial charge in [-0.05, 0) is 6.42 Å². The van der Waals surface area contributed by atoms with E-state index < -0.39 is 5.92 Å². The number of hydrogen-bond acceptors (Lipinski definition) is 1. The minimum absolute atomic E-state index is 0.0320. The monoisotopic (exact) mass is 175 g/mol. The van der Waals surface area contributed by atoms with Gasteiger partial charge in [0.1, 0.15) is 0 Å². The van der Waals surface area contributed by atoms with E-state index in [1.165, 1.54) is 0 Å². The molecule has 3 heteroatoms. The van der Waals surface area contributed by atoms with Gasteiger partial charge in [-0.2, -0.15) is 0 Å². The van der Waals surface area contributed by atoms with Crippen molar-refractivity contribution in [1.82, 2.24) is 5.32 Å². The van der Waals surface area contributed by atoms with Crippen LogP contribution in [0.1, 0.15) is 32.6 Å². The molecule has 0 aromatic heterocycles. The summed E-state index contributed by atoms with van der Waals surface area (Å²) in [5, 5.41) is 3.00. The van der Waals surface area contributed by atoms with Crippen LogP contribution in [0.5, 0.6) is 0 Å². The molecule has 12 heavy (non-hydrogen) atoms. The van der Waals surface area contributed by atoms with Crippen LogP contribution >= 0.6 is 0 Å². The van der Waals surface area contributed by atoms with E-state index in [0.717, 1.165) is 18.5 Å². The molecule has 0 atom stereocenters. The molecule has 0 radical (unpaired) electrons. The number of allylic oxidation sites excluding steroid dienone is 1. The second kappa shape index (κ2) is 3.42. The van der Waals surface area contributed by atoms with Crippen molar-refractivity contribution in [3.63, 3.8) is 0 Å². The molecule has 1 N–H and O–H groups in total. The maximum absolute atomic E-state index is 12.4. The Labute approximate surface area is 71.8 Å². The fourth-order valence-electron chi connectivity index (χ4n) is 1.43. The topological polar surface area (TPSA) is 12.0 Å². The summed E-state index contributed by atoms with van der Waals surface area (Å²) in [4.78, 5) is 0. The van der Waals surface area contributed by atoms with E-state index >= 15 is 0 Å². The van der Waals surface area contributed by atoms with Crippen LogP contribution in [0, 0.1) is 0 Å². The molecule has 1 saturated carbocycles. The third kappa shape index (κ3) is 2.47. The van der Waals surface area contributed by atoms with E-state index in [4.69, 9.17) is 0 Å². The van der Waals surface area contributed by atoms with Crippen LogP contribution in [0.4, 0.5) is 8.78 Å². The standard InChI is InChI=1S/C9H15F2N/c1-3-4-7(2)12-8-5-9(10,11)6-8/h8,12H,2-6H2,1H3. The molecule has 0 saturated heterocycles. The predicted octanol–water partition coefficient (Wildman–Crippen LogP) is 2.69. The molecule has 1 aliphatic carbocycles. The first kappa shape index (κ1) is 9.49. The van der Waals surface area contributed by atoms with Crippen LogP contribution in [0.15, 0.2) is 12.3 Å². The van der Waals surface area contributed by atoms with Crippen LogP contribution in [0.3, 0.4) is 0 Å². The highest BCUT2D eigenvalue weighted by atomic mass is 19.3. The molecule has 0 spiro atoms. The Hall–Kier alpha value is -0.600. The first-order chi connectivity index (χ1) is 5.53. The smallest absolute Gasteiger partial charge is 0.252 e. The van der Waals surface area contributed by atoms with Crippen molar-refractivity contribution < 1.29 is 8.78 Å². The number of halogens is 2. The lowest BCUT2D eigenvalue weighted by atomic mass is 9.88. The molecular weight excluding hydrogens is 160 g/mol. The molecule has 0 unspecified atom stereocenters. The van der Waals surface area contributed by atoms with Gasteiger partial charge in [0.05, 0.1) is 0 Å². The minimum Gasteiger partial charge on any atom is -0.386 e. The van der Waals surface area contributed by atoms with E-state index in [9.17, 15) is 8.78 Å². The summed E-state index contributed by atoms with van der Waals surface area (Å²) in [7, 11) is 0. The first-order valence-corrected chi connectivity index (χ1v) is 4.35. The quantitative estimate of drug-likeness (QED) is 0.692. The third-order valence-corrected chi connectivity index (χ3v) is 2.05. The predicted molar refractivity (Wildman–Crippen MR) is 45.2 cm³/mol. The Morgan fingerprint density at radius 2 is 2.17 bits per heavy atom. The normalized spacial score (nSPS) is 21.6. The SMILES string of the molecule is C=C(CCC)NC1CC(F)(F)C1. The molecule has 0 bridgehead atoms. The molecule has 1 aliphatic rings. The maximum Gasteiger partial charge on any atom is 0.252 e. The molecule has 70 valence electrons. The average Bonchev–Trinajstić information content (AvgIpc) is 1.83. The zero-order valence-electron chi connectivity index (χ0n) is 7.37. The first-order valence-electron chi connectivity index (χ1n) is 4.35. The van der Waals surface area contributed by atoms with Crippen molar-refractivity contribution in [2.75, 3.05) is 0 Å². The van der Waals surface area contributed by atoms with Crippen molar-refractivity contribution in [2.24, 2.45) is 0 Å². The van der Waals surface area contributed by atoms with Crippen LogP contribution in [0.25, 0.3) is 0 Å². The van der Waals surface area contributed by atoms with Gasteiger partial charge in [0.25, 0.3) is 5.92 Å². The summed E-state index contributed by atoms with van der Waals surface area (Å²) in [5.74, 6) is -2.43. The maximum atomic E-state index is 12.4. The Kier molecular flexibility index (Phi) is 2.70. The molecule has 0 aromatic rings. The van der Waals surface area contributed by atoms with E-state index in [-0.39, 0.29) is 18.9 Å². The van der Waals surface area contributed by atoms with Crippen molar-refractivity contribution >= 4 is 0 Å². The van der Waals surface area contributed by atoms with Gasteiger partial charge in [0.15, 0.2) is 0 Å². The van der Waals surface area contributed by atoms with Crippen molar-refractivity contribution in [1.29, 1.82) is 0 Å². The van der Waals surface area contributed by atoms with Gasteiger partial charge >= 0.3 is 0 Å². The largest absolute Gasteiger partial charge is 0.386 e. The van der Waals surface area contributed by atoms with Gasteiger partial charge in [0.2, 0.25) is 0 Å². The van der Waals surface area contributed by atoms with Crippen molar-refractivity contribution in [3.05, 3.63) is 12.3 Å². The van der Waals surface area contributed by atoms with Gasteiger partial charge in [0, 0.05) is 24.6 Å². The molecule has 1 rings (SSSR count). The number of rotatable bonds is 4. The fourth-order valence-corrected chi connectivity index (χ4v) is 1.43. The molecule has 0 amide bonds. The highest BCUT2D eigenvalue weighted by molar-refractivity contribution is 5.00. The van der Waals surface area contributed by atoms with Crippen LogP contribution < -0.4 is 5.32 Å². The zero-order valence-corrected chi connectivity index (χ0v) is 7.37. The van der Waals surface area contributed by atoms with Gasteiger partial charge in [-0.3, -0.25) is 0 Å². The Balaban J connectivity index is 2.14. The Morgan fingerprint density at radius 3 is 2.58 bits per heavy atom. The number of nitrogens with one attached hydrogen (secondary N) is 1. The van der Waals surface area contributed by atoms with Crippen LogP contribution in [-0.4, -0.2) is 12.0 Å². The lowest BCUT2D eigenvalue weighted by Crippen LogP contribution is -2.47. The number of hydrogen-bond donors (Lipinski definition) is 1. The Morgan fingerprint density at radius 1 is 1.58 bits per heavy atom. The number of alkyl halides is 2. The summed E-state index contributed by atoms with van der Waals surface area (Å²) >= 11 is 0. The summed E-state index contributed by atoms with van der Waals surface area (Å²) < 4.78 is 24.7. The van der Waals surface area contributed by atoms with E-state index in [1.54, 1.807) is 0 Å². The van der Waals surface area contributed by atoms with Crippen LogP contribution in [-0.2, 0) is 0 Å². The summed E-state index contributed by atoms with van der Waals surface area (Å²) in [5.41, 5.74) is 0.887. The average molecular weight is 175 g/mol. The van der Waals surface area contributed by atoms with Crippen molar-refractivity contribution in [3.8, 4) is 0 Å². The van der Waals surface area contributed by atoms with Crippen LogP contribution in [0.2, 0.25) is 0 Å². The van der Waals surface area contributed by atoms with E-state index in [2.05, 4.69) is 11.9 Å². The highest BCUT2D eigenvalue weighted by Crippen LogP contribution is 2.37. The molecule has 1 nitrogen and oxygen atoms in total. The second-order valence-corrected chi connectivity index (χ2v) is 3.46. The van der Waals surface area contributed by atoms with E-state index in [1.807, 2.05) is 6.92 Å². The molecular formula is C9H15F2N. The summed E-state index contributed by atoms with van der Waals surface area (Å²) in [6.07, 6.45) is 1.82. The second-order valence-electron chi connectivity index (χ2n) is 3.46. The Bertz CT molecular complexity index is 169. The minimum atomic E-state index is -2.43. The van der Waals surface area contributed by atoms with Gasteiger partial charge in [-0.15, -0.1) is 0 Å². The molecule has 1 fully saturated rings. The van der Waals surface area contributed by atoms with Gasteiger partial charge < -0.3 is 5.32 Å². The zero-order chi connectivity index (χ0) is 9.19. The fraction of sp³-hybridized carbons (Fsp3) is 0.778. The third-order valence-electron chi connectivity index (χ3n) is 2.05. The molecule has 0 aromatic carbocycles. The lowest BCUT2D eigenvalue weighted by Gasteiger charge is -2.36. The molecule has 0 aliphatic heterocycles. The highest BCUT2D eigenvalue weighted by Gasteiger charge is 2.45. The summed E-state index contributed by atoms with van der Waals surface area (Å²) in [6, 6.07) is -0.0425. The van der Waals surface area contributed by atoms with Gasteiger partial charge in [-0.1, -0.05) is 19.9 Å².